The summed E-state index contributed by atoms with van der Waals surface area (Å²) in [4.78, 5) is 11.2. The number of Topliss-reactive ketones (excluding diaryl/α,β-unsaturated/α-hetero) is 1. The lowest BCUT2D eigenvalue weighted by Crippen LogP contribution is -2.19. The van der Waals surface area contributed by atoms with Crippen molar-refractivity contribution in [1.29, 1.82) is 0 Å². The molecule has 2 aliphatic carbocycles. The number of carbonyl (C=O) groups excluding carboxylic acids is 1. The fraction of sp³-hybridized carbons (Fsp3) is 0.824. The van der Waals surface area contributed by atoms with Gasteiger partial charge in [-0.3, -0.25) is 4.79 Å². The van der Waals surface area contributed by atoms with Crippen molar-refractivity contribution in [3.05, 3.63) is 12.2 Å². The zero-order valence-electron chi connectivity index (χ0n) is 12.3. The Balaban J connectivity index is 1.58. The maximum atomic E-state index is 11.2. The number of hydrogen-bond donors (Lipinski definition) is 0. The first kappa shape index (κ1) is 14.8. The second-order valence-corrected chi connectivity index (χ2v) is 6.26. The quantitative estimate of drug-likeness (QED) is 0.692. The normalized spacial score (nSPS) is 30.1. The van der Waals surface area contributed by atoms with Crippen LogP contribution in [0.15, 0.2) is 12.2 Å². The second-order valence-electron chi connectivity index (χ2n) is 6.26. The molecule has 19 heavy (non-hydrogen) atoms. The number of methoxy groups -OCH3 is 1. The van der Waals surface area contributed by atoms with E-state index in [2.05, 4.69) is 12.2 Å². The van der Waals surface area contributed by atoms with Crippen LogP contribution in [0.4, 0.5) is 0 Å². The zero-order valence-corrected chi connectivity index (χ0v) is 12.3. The molecular formula is C17H28O2. The SMILES string of the molecule is COC1CCC(/C=C/CCC2CCC(=O)CC2)CC1. The van der Waals surface area contributed by atoms with E-state index in [1.807, 2.05) is 7.11 Å². The molecule has 0 bridgehead atoms. The lowest BCUT2D eigenvalue weighted by molar-refractivity contribution is -0.121. The molecule has 0 aliphatic heterocycles. The molecule has 0 atom stereocenters. The highest BCUT2D eigenvalue weighted by Gasteiger charge is 2.19. The van der Waals surface area contributed by atoms with Crippen LogP contribution in [-0.4, -0.2) is 19.0 Å². The van der Waals surface area contributed by atoms with E-state index in [4.69, 9.17) is 4.74 Å². The van der Waals surface area contributed by atoms with Crippen molar-refractivity contribution < 1.29 is 9.53 Å². The molecule has 0 spiro atoms. The van der Waals surface area contributed by atoms with Gasteiger partial charge in [0.2, 0.25) is 0 Å². The van der Waals surface area contributed by atoms with Crippen LogP contribution in [0.25, 0.3) is 0 Å². The molecule has 0 heterocycles. The van der Waals surface area contributed by atoms with E-state index >= 15 is 0 Å². The van der Waals surface area contributed by atoms with Gasteiger partial charge in [0.25, 0.3) is 0 Å². The summed E-state index contributed by atoms with van der Waals surface area (Å²) in [5, 5.41) is 0. The van der Waals surface area contributed by atoms with Gasteiger partial charge in [-0.1, -0.05) is 12.2 Å². The Labute approximate surface area is 117 Å². The average Bonchev–Trinajstić information content (AvgIpc) is 2.46. The van der Waals surface area contributed by atoms with Crippen LogP contribution in [0.1, 0.15) is 64.2 Å². The number of carbonyl (C=O) groups is 1. The van der Waals surface area contributed by atoms with Crippen molar-refractivity contribution in [2.24, 2.45) is 11.8 Å². The lowest BCUT2D eigenvalue weighted by atomic mass is 9.84. The summed E-state index contributed by atoms with van der Waals surface area (Å²) in [5.41, 5.74) is 0. The highest BCUT2D eigenvalue weighted by Crippen LogP contribution is 2.28. The monoisotopic (exact) mass is 264 g/mol. The minimum absolute atomic E-state index is 0.474. The van der Waals surface area contributed by atoms with Crippen LogP contribution in [0.5, 0.6) is 0 Å². The van der Waals surface area contributed by atoms with Gasteiger partial charge in [-0.25, -0.2) is 0 Å². The highest BCUT2D eigenvalue weighted by atomic mass is 16.5. The summed E-state index contributed by atoms with van der Waals surface area (Å²) >= 11 is 0. The maximum Gasteiger partial charge on any atom is 0.132 e. The van der Waals surface area contributed by atoms with E-state index in [1.165, 1.54) is 38.5 Å². The van der Waals surface area contributed by atoms with Gasteiger partial charge in [-0.2, -0.15) is 0 Å². The molecule has 2 saturated carbocycles. The first-order valence-electron chi connectivity index (χ1n) is 7.99. The average molecular weight is 264 g/mol. The molecule has 0 aromatic carbocycles. The van der Waals surface area contributed by atoms with Gasteiger partial charge in [0.15, 0.2) is 0 Å². The molecule has 2 nitrogen and oxygen atoms in total. The molecule has 2 heteroatoms. The van der Waals surface area contributed by atoms with Crippen molar-refractivity contribution in [3.63, 3.8) is 0 Å². The van der Waals surface area contributed by atoms with Crippen molar-refractivity contribution in [2.45, 2.75) is 70.3 Å². The van der Waals surface area contributed by atoms with Crippen LogP contribution in [0.2, 0.25) is 0 Å². The molecule has 0 amide bonds. The molecule has 0 radical (unpaired) electrons. The van der Waals surface area contributed by atoms with Crippen LogP contribution in [0, 0.1) is 11.8 Å². The van der Waals surface area contributed by atoms with E-state index in [9.17, 15) is 4.79 Å². The Morgan fingerprint density at radius 3 is 2.42 bits per heavy atom. The van der Waals surface area contributed by atoms with Gasteiger partial charge in [0.05, 0.1) is 6.10 Å². The Hall–Kier alpha value is -0.630. The van der Waals surface area contributed by atoms with E-state index in [0.717, 1.165) is 37.5 Å². The van der Waals surface area contributed by atoms with Crippen molar-refractivity contribution >= 4 is 5.78 Å². The standard InChI is InChI=1S/C17H28O2/c1-19-17-12-8-15(9-13-17)5-3-2-4-14-6-10-16(18)11-7-14/h3,5,14-15,17H,2,4,6-13H2,1H3/b5-3+. The molecule has 2 fully saturated rings. The summed E-state index contributed by atoms with van der Waals surface area (Å²) in [6.45, 7) is 0. The van der Waals surface area contributed by atoms with Crippen molar-refractivity contribution in [3.8, 4) is 0 Å². The number of rotatable bonds is 5. The molecule has 108 valence electrons. The van der Waals surface area contributed by atoms with Crippen molar-refractivity contribution in [2.75, 3.05) is 7.11 Å². The van der Waals surface area contributed by atoms with Gasteiger partial charge in [-0.15, -0.1) is 0 Å². The maximum absolute atomic E-state index is 11.2. The van der Waals surface area contributed by atoms with Gasteiger partial charge in [-0.05, 0) is 63.2 Å². The van der Waals surface area contributed by atoms with Gasteiger partial charge >= 0.3 is 0 Å². The van der Waals surface area contributed by atoms with Gasteiger partial charge < -0.3 is 4.74 Å². The van der Waals surface area contributed by atoms with E-state index in [-0.39, 0.29) is 0 Å². The first-order valence-corrected chi connectivity index (χ1v) is 7.99. The number of ketones is 1. The minimum Gasteiger partial charge on any atom is -0.381 e. The number of hydrogen-bond acceptors (Lipinski definition) is 2. The number of ether oxygens (including phenoxy) is 1. The summed E-state index contributed by atoms with van der Waals surface area (Å²) in [6.07, 6.45) is 16.7. The van der Waals surface area contributed by atoms with E-state index in [0.29, 0.717) is 11.9 Å². The summed E-state index contributed by atoms with van der Waals surface area (Å²) in [6, 6.07) is 0. The predicted molar refractivity (Wildman–Crippen MR) is 78.1 cm³/mol. The molecular weight excluding hydrogens is 236 g/mol. The van der Waals surface area contributed by atoms with Crippen LogP contribution in [-0.2, 0) is 9.53 Å². The topological polar surface area (TPSA) is 26.3 Å². The third-order valence-electron chi connectivity index (χ3n) is 4.86. The fourth-order valence-corrected chi connectivity index (χ4v) is 3.43. The second kappa shape index (κ2) is 7.84. The van der Waals surface area contributed by atoms with E-state index < -0.39 is 0 Å². The molecule has 0 aromatic rings. The predicted octanol–water partition coefficient (Wildman–Crippen LogP) is 4.29. The lowest BCUT2D eigenvalue weighted by Gasteiger charge is -2.25. The molecule has 0 unspecified atom stereocenters. The minimum atomic E-state index is 0.474. The summed E-state index contributed by atoms with van der Waals surface area (Å²) in [7, 11) is 1.83. The fourth-order valence-electron chi connectivity index (χ4n) is 3.43. The third kappa shape index (κ3) is 5.10. The van der Waals surface area contributed by atoms with Crippen molar-refractivity contribution in [1.82, 2.24) is 0 Å². The van der Waals surface area contributed by atoms with E-state index in [1.54, 1.807) is 0 Å². The summed E-state index contributed by atoms with van der Waals surface area (Å²) in [5.74, 6) is 2.05. The molecule has 0 aromatic heterocycles. The Morgan fingerprint density at radius 2 is 1.79 bits per heavy atom. The third-order valence-corrected chi connectivity index (χ3v) is 4.86. The first-order chi connectivity index (χ1) is 9.28. The highest BCUT2D eigenvalue weighted by molar-refractivity contribution is 5.78. The Bertz CT molecular complexity index is 290. The zero-order chi connectivity index (χ0) is 13.5. The Morgan fingerprint density at radius 1 is 1.11 bits per heavy atom. The molecule has 2 aliphatic rings. The van der Waals surface area contributed by atoms with Crippen LogP contribution in [0.3, 0.4) is 0 Å². The summed E-state index contributed by atoms with van der Waals surface area (Å²) < 4.78 is 5.40. The smallest absolute Gasteiger partial charge is 0.132 e. The number of allylic oxidation sites excluding steroid dienone is 2. The van der Waals surface area contributed by atoms with Crippen LogP contribution >= 0.6 is 0 Å². The van der Waals surface area contributed by atoms with Gasteiger partial charge in [0.1, 0.15) is 5.78 Å². The van der Waals surface area contributed by atoms with Gasteiger partial charge in [0, 0.05) is 20.0 Å². The Kier molecular flexibility index (Phi) is 6.09. The van der Waals surface area contributed by atoms with Crippen LogP contribution < -0.4 is 0 Å². The molecule has 0 N–H and O–H groups in total. The molecule has 2 rings (SSSR count). The largest absolute Gasteiger partial charge is 0.381 e. The molecule has 0 saturated heterocycles.